The molecule has 0 aliphatic heterocycles. The predicted molar refractivity (Wildman–Crippen MR) is 65.9 cm³/mol. The van der Waals surface area contributed by atoms with E-state index in [1.165, 1.54) is 17.0 Å². The molecule has 1 amide bonds. The van der Waals surface area contributed by atoms with Crippen LogP contribution in [0.5, 0.6) is 0 Å². The Morgan fingerprint density at radius 1 is 1.62 bits per heavy atom. The number of nitrogens with zero attached hydrogens (tertiary/aromatic N) is 1. The topological polar surface area (TPSA) is 20.3 Å². The Labute approximate surface area is 103 Å². The zero-order chi connectivity index (χ0) is 12.1. The van der Waals surface area contributed by atoms with Crippen LogP contribution in [0.3, 0.4) is 0 Å². The predicted octanol–water partition coefficient (Wildman–Crippen LogP) is 3.24. The SMILES string of the molecule is C=CCN(CC)C(=O)c1ccc(Br)cc1F. The van der Waals surface area contributed by atoms with Crippen LogP contribution in [0.4, 0.5) is 4.39 Å². The fraction of sp³-hybridized carbons (Fsp3) is 0.250. The van der Waals surface area contributed by atoms with E-state index in [0.717, 1.165) is 0 Å². The van der Waals surface area contributed by atoms with Crippen LogP contribution in [0.15, 0.2) is 35.3 Å². The van der Waals surface area contributed by atoms with E-state index in [2.05, 4.69) is 22.5 Å². The van der Waals surface area contributed by atoms with Gasteiger partial charge in [0.05, 0.1) is 5.56 Å². The highest BCUT2D eigenvalue weighted by molar-refractivity contribution is 9.10. The Hall–Kier alpha value is -1.16. The van der Waals surface area contributed by atoms with Gasteiger partial charge in [0.15, 0.2) is 0 Å². The maximum absolute atomic E-state index is 13.5. The van der Waals surface area contributed by atoms with Crippen molar-refractivity contribution in [3.8, 4) is 0 Å². The Bertz CT molecular complexity index is 406. The van der Waals surface area contributed by atoms with Crippen LogP contribution >= 0.6 is 15.9 Å². The maximum Gasteiger partial charge on any atom is 0.257 e. The number of amides is 1. The van der Waals surface area contributed by atoms with Gasteiger partial charge in [0.1, 0.15) is 5.82 Å². The average Bonchev–Trinajstić information content (AvgIpc) is 2.25. The van der Waals surface area contributed by atoms with Crippen molar-refractivity contribution >= 4 is 21.8 Å². The molecule has 0 aliphatic carbocycles. The third-order valence-electron chi connectivity index (χ3n) is 2.18. The molecule has 1 aromatic carbocycles. The molecule has 16 heavy (non-hydrogen) atoms. The van der Waals surface area contributed by atoms with Crippen LogP contribution in [0, 0.1) is 5.82 Å². The van der Waals surface area contributed by atoms with Crippen molar-refractivity contribution in [2.24, 2.45) is 0 Å². The zero-order valence-electron chi connectivity index (χ0n) is 9.04. The van der Waals surface area contributed by atoms with E-state index in [-0.39, 0.29) is 11.5 Å². The molecule has 4 heteroatoms. The lowest BCUT2D eigenvalue weighted by Crippen LogP contribution is -2.31. The largest absolute Gasteiger partial charge is 0.335 e. The van der Waals surface area contributed by atoms with Crippen LogP contribution in [-0.4, -0.2) is 23.9 Å². The number of hydrogen-bond donors (Lipinski definition) is 0. The van der Waals surface area contributed by atoms with Gasteiger partial charge < -0.3 is 4.90 Å². The average molecular weight is 286 g/mol. The first kappa shape index (κ1) is 12.9. The van der Waals surface area contributed by atoms with Crippen LogP contribution in [0.2, 0.25) is 0 Å². The summed E-state index contributed by atoms with van der Waals surface area (Å²) in [5.74, 6) is -0.825. The van der Waals surface area contributed by atoms with Crippen molar-refractivity contribution in [2.45, 2.75) is 6.92 Å². The molecule has 0 saturated heterocycles. The summed E-state index contributed by atoms with van der Waals surface area (Å²) < 4.78 is 14.2. The van der Waals surface area contributed by atoms with Gasteiger partial charge >= 0.3 is 0 Å². The molecule has 1 rings (SSSR count). The molecule has 86 valence electrons. The van der Waals surface area contributed by atoms with Crippen molar-refractivity contribution in [3.05, 3.63) is 46.7 Å². The number of likely N-dealkylation sites (N-methyl/N-ethyl adjacent to an activating group) is 1. The number of halogens is 2. The second-order valence-electron chi connectivity index (χ2n) is 3.26. The van der Waals surface area contributed by atoms with Gasteiger partial charge in [0.25, 0.3) is 5.91 Å². The lowest BCUT2D eigenvalue weighted by atomic mass is 10.2. The van der Waals surface area contributed by atoms with E-state index in [1.54, 1.807) is 12.1 Å². The van der Waals surface area contributed by atoms with Gasteiger partial charge in [0.2, 0.25) is 0 Å². The fourth-order valence-corrected chi connectivity index (χ4v) is 1.68. The van der Waals surface area contributed by atoms with E-state index in [4.69, 9.17) is 0 Å². The maximum atomic E-state index is 13.5. The summed E-state index contributed by atoms with van der Waals surface area (Å²) in [5.41, 5.74) is 0.0897. The van der Waals surface area contributed by atoms with Crippen molar-refractivity contribution in [1.29, 1.82) is 0 Å². The smallest absolute Gasteiger partial charge is 0.257 e. The Balaban J connectivity index is 2.98. The summed E-state index contributed by atoms with van der Waals surface area (Å²) in [6, 6.07) is 4.42. The standard InChI is InChI=1S/C12H13BrFNO/c1-3-7-15(4-2)12(16)10-6-5-9(13)8-11(10)14/h3,5-6,8H,1,4,7H2,2H3. The highest BCUT2D eigenvalue weighted by atomic mass is 79.9. The van der Waals surface area contributed by atoms with Crippen LogP contribution in [0.1, 0.15) is 17.3 Å². The molecule has 0 spiro atoms. The molecule has 2 nitrogen and oxygen atoms in total. The van der Waals surface area contributed by atoms with Crippen LogP contribution in [-0.2, 0) is 0 Å². The first-order chi connectivity index (χ1) is 7.60. The van der Waals surface area contributed by atoms with Crippen molar-refractivity contribution in [2.75, 3.05) is 13.1 Å². The number of hydrogen-bond acceptors (Lipinski definition) is 1. The fourth-order valence-electron chi connectivity index (χ4n) is 1.34. The molecule has 0 fully saturated rings. The molecule has 0 N–H and O–H groups in total. The third kappa shape index (κ3) is 2.92. The summed E-state index contributed by atoms with van der Waals surface area (Å²) in [5, 5.41) is 0. The van der Waals surface area contributed by atoms with Crippen molar-refractivity contribution < 1.29 is 9.18 Å². The molecule has 0 saturated carbocycles. The lowest BCUT2D eigenvalue weighted by Gasteiger charge is -2.19. The highest BCUT2D eigenvalue weighted by Gasteiger charge is 2.16. The Morgan fingerprint density at radius 2 is 2.31 bits per heavy atom. The number of carbonyl (C=O) groups excluding carboxylic acids is 1. The van der Waals surface area contributed by atoms with E-state index in [1.807, 2.05) is 6.92 Å². The quantitative estimate of drug-likeness (QED) is 0.778. The van der Waals surface area contributed by atoms with Gasteiger partial charge in [-0.1, -0.05) is 22.0 Å². The molecule has 0 aromatic heterocycles. The molecule has 0 bridgehead atoms. The van der Waals surface area contributed by atoms with Gasteiger partial charge in [-0.15, -0.1) is 6.58 Å². The third-order valence-corrected chi connectivity index (χ3v) is 2.67. The van der Waals surface area contributed by atoms with Crippen LogP contribution < -0.4 is 0 Å². The summed E-state index contributed by atoms with van der Waals surface area (Å²) in [7, 11) is 0. The normalized spacial score (nSPS) is 9.94. The van der Waals surface area contributed by atoms with E-state index in [0.29, 0.717) is 17.6 Å². The minimum Gasteiger partial charge on any atom is -0.335 e. The Morgan fingerprint density at radius 3 is 2.81 bits per heavy atom. The van der Waals surface area contributed by atoms with Crippen molar-refractivity contribution in [3.63, 3.8) is 0 Å². The van der Waals surface area contributed by atoms with E-state index in [9.17, 15) is 9.18 Å². The summed E-state index contributed by atoms with van der Waals surface area (Å²) in [6.07, 6.45) is 1.62. The molecule has 0 aliphatic rings. The zero-order valence-corrected chi connectivity index (χ0v) is 10.6. The van der Waals surface area contributed by atoms with Crippen LogP contribution in [0.25, 0.3) is 0 Å². The van der Waals surface area contributed by atoms with Gasteiger partial charge in [-0.25, -0.2) is 4.39 Å². The highest BCUT2D eigenvalue weighted by Crippen LogP contribution is 2.16. The molecular weight excluding hydrogens is 273 g/mol. The second-order valence-corrected chi connectivity index (χ2v) is 4.17. The summed E-state index contributed by atoms with van der Waals surface area (Å²) >= 11 is 3.15. The van der Waals surface area contributed by atoms with Gasteiger partial charge in [-0.3, -0.25) is 4.79 Å². The monoisotopic (exact) mass is 285 g/mol. The van der Waals surface area contributed by atoms with Gasteiger partial charge in [0, 0.05) is 17.6 Å². The Kier molecular flexibility index (Phi) is 4.68. The molecule has 0 heterocycles. The molecule has 0 unspecified atom stereocenters. The lowest BCUT2D eigenvalue weighted by molar-refractivity contribution is 0.0777. The number of rotatable bonds is 4. The molecule has 0 radical (unpaired) electrons. The molecule has 0 atom stereocenters. The van der Waals surface area contributed by atoms with E-state index >= 15 is 0 Å². The number of carbonyl (C=O) groups is 1. The first-order valence-electron chi connectivity index (χ1n) is 4.95. The summed E-state index contributed by atoms with van der Waals surface area (Å²) in [4.78, 5) is 13.4. The van der Waals surface area contributed by atoms with Gasteiger partial charge in [-0.05, 0) is 25.1 Å². The minimum absolute atomic E-state index is 0.0897. The van der Waals surface area contributed by atoms with Crippen molar-refractivity contribution in [1.82, 2.24) is 4.90 Å². The summed E-state index contributed by atoms with van der Waals surface area (Å²) in [6.45, 7) is 6.36. The number of benzene rings is 1. The minimum atomic E-state index is -0.512. The molecular formula is C12H13BrFNO. The van der Waals surface area contributed by atoms with Gasteiger partial charge in [-0.2, -0.15) is 0 Å². The van der Waals surface area contributed by atoms with E-state index < -0.39 is 5.82 Å². The second kappa shape index (κ2) is 5.80. The molecule has 1 aromatic rings. The first-order valence-corrected chi connectivity index (χ1v) is 5.74.